The molecule has 0 atom stereocenters. The number of benzene rings is 2. The molecule has 0 spiro atoms. The molecule has 156 valence electrons. The van der Waals surface area contributed by atoms with Crippen molar-refractivity contribution in [1.29, 1.82) is 0 Å². The molecule has 3 rings (SSSR count). The van der Waals surface area contributed by atoms with Crippen molar-refractivity contribution in [2.75, 3.05) is 28.4 Å². The fraction of sp³-hybridized carbons (Fsp3) is 0.208. The molecule has 0 aliphatic heterocycles. The smallest absolute Gasteiger partial charge is 0.203 e. The van der Waals surface area contributed by atoms with E-state index >= 15 is 0 Å². The lowest BCUT2D eigenvalue weighted by Crippen LogP contribution is -2.00. The van der Waals surface area contributed by atoms with E-state index in [1.165, 1.54) is 37.8 Å². The summed E-state index contributed by atoms with van der Waals surface area (Å²) in [5.41, 5.74) is 3.56. The van der Waals surface area contributed by atoms with E-state index in [4.69, 9.17) is 18.9 Å². The Bertz CT molecular complexity index is 1060. The number of aryl methyl sites for hydroxylation is 1. The summed E-state index contributed by atoms with van der Waals surface area (Å²) >= 11 is 1.69. The van der Waals surface area contributed by atoms with Crippen molar-refractivity contribution in [3.63, 3.8) is 0 Å². The first kappa shape index (κ1) is 21.5. The lowest BCUT2D eigenvalue weighted by molar-refractivity contribution is 0.104. The van der Waals surface area contributed by atoms with E-state index < -0.39 is 0 Å². The predicted molar refractivity (Wildman–Crippen MR) is 121 cm³/mol. The Kier molecular flexibility index (Phi) is 6.79. The van der Waals surface area contributed by atoms with E-state index in [-0.39, 0.29) is 5.78 Å². The van der Waals surface area contributed by atoms with Crippen molar-refractivity contribution in [3.8, 4) is 33.4 Å². The fourth-order valence-corrected chi connectivity index (χ4v) is 3.98. The molecule has 0 bridgehead atoms. The SMILES string of the molecule is COc1ccc(-c2cc(C)cs2)cc1/C=C/C(=O)c1cc(OC)c(OC)c(OC)c1. The number of hydrogen-bond donors (Lipinski definition) is 0. The van der Waals surface area contributed by atoms with Crippen LogP contribution in [0.5, 0.6) is 23.0 Å². The highest BCUT2D eigenvalue weighted by Crippen LogP contribution is 2.38. The molecule has 6 heteroatoms. The highest BCUT2D eigenvalue weighted by molar-refractivity contribution is 7.13. The van der Waals surface area contributed by atoms with Crippen LogP contribution in [0.4, 0.5) is 0 Å². The molecular formula is C24H24O5S. The van der Waals surface area contributed by atoms with Gasteiger partial charge in [0.1, 0.15) is 5.75 Å². The van der Waals surface area contributed by atoms with Crippen molar-refractivity contribution in [1.82, 2.24) is 0 Å². The van der Waals surface area contributed by atoms with Gasteiger partial charge in [0.05, 0.1) is 28.4 Å². The van der Waals surface area contributed by atoms with Crippen LogP contribution in [0, 0.1) is 6.92 Å². The van der Waals surface area contributed by atoms with Gasteiger partial charge in [-0.25, -0.2) is 0 Å². The zero-order valence-corrected chi connectivity index (χ0v) is 18.5. The molecular weight excluding hydrogens is 400 g/mol. The molecule has 0 unspecified atom stereocenters. The maximum Gasteiger partial charge on any atom is 0.203 e. The van der Waals surface area contributed by atoms with Crippen molar-refractivity contribution >= 4 is 23.2 Å². The Morgan fingerprint density at radius 3 is 2.07 bits per heavy atom. The van der Waals surface area contributed by atoms with Crippen molar-refractivity contribution in [2.45, 2.75) is 6.92 Å². The van der Waals surface area contributed by atoms with E-state index in [9.17, 15) is 4.79 Å². The van der Waals surface area contributed by atoms with Crippen LogP contribution in [0.2, 0.25) is 0 Å². The minimum atomic E-state index is -0.186. The van der Waals surface area contributed by atoms with Crippen molar-refractivity contribution < 1.29 is 23.7 Å². The summed E-state index contributed by atoms with van der Waals surface area (Å²) in [5.74, 6) is 1.82. The summed E-state index contributed by atoms with van der Waals surface area (Å²) in [6.07, 6.45) is 3.27. The van der Waals surface area contributed by atoms with Gasteiger partial charge in [-0.3, -0.25) is 4.79 Å². The largest absolute Gasteiger partial charge is 0.496 e. The van der Waals surface area contributed by atoms with Crippen LogP contribution in [-0.2, 0) is 0 Å². The highest BCUT2D eigenvalue weighted by atomic mass is 32.1. The minimum Gasteiger partial charge on any atom is -0.496 e. The molecule has 5 nitrogen and oxygen atoms in total. The molecule has 2 aromatic carbocycles. The molecule has 0 radical (unpaired) electrons. The van der Waals surface area contributed by atoms with Gasteiger partial charge < -0.3 is 18.9 Å². The van der Waals surface area contributed by atoms with Crippen LogP contribution in [0.15, 0.2) is 47.9 Å². The van der Waals surface area contributed by atoms with Gasteiger partial charge in [0.25, 0.3) is 0 Å². The van der Waals surface area contributed by atoms with Crippen LogP contribution >= 0.6 is 11.3 Å². The van der Waals surface area contributed by atoms with Crippen LogP contribution < -0.4 is 18.9 Å². The first-order valence-corrected chi connectivity index (χ1v) is 10.1. The third-order valence-electron chi connectivity index (χ3n) is 4.61. The molecule has 0 N–H and O–H groups in total. The quantitative estimate of drug-likeness (QED) is 0.345. The van der Waals surface area contributed by atoms with Gasteiger partial charge in [0, 0.05) is 16.0 Å². The van der Waals surface area contributed by atoms with Crippen molar-refractivity contribution in [3.05, 3.63) is 64.5 Å². The van der Waals surface area contributed by atoms with E-state index in [0.717, 1.165) is 11.1 Å². The summed E-state index contributed by atoms with van der Waals surface area (Å²) in [7, 11) is 6.17. The molecule has 1 heterocycles. The van der Waals surface area contributed by atoms with Gasteiger partial charge in [-0.1, -0.05) is 0 Å². The van der Waals surface area contributed by atoms with Gasteiger partial charge in [-0.2, -0.15) is 0 Å². The molecule has 30 heavy (non-hydrogen) atoms. The first-order chi connectivity index (χ1) is 14.5. The maximum atomic E-state index is 12.8. The summed E-state index contributed by atoms with van der Waals surface area (Å²) in [6.45, 7) is 2.07. The number of methoxy groups -OCH3 is 4. The fourth-order valence-electron chi connectivity index (χ4n) is 3.09. The number of carbonyl (C=O) groups excluding carboxylic acids is 1. The van der Waals surface area contributed by atoms with Crippen LogP contribution in [-0.4, -0.2) is 34.2 Å². The second-order valence-electron chi connectivity index (χ2n) is 6.56. The Labute approximate surface area is 180 Å². The maximum absolute atomic E-state index is 12.8. The number of ketones is 1. The Hall–Kier alpha value is -3.25. The number of hydrogen-bond acceptors (Lipinski definition) is 6. The number of ether oxygens (including phenoxy) is 4. The van der Waals surface area contributed by atoms with E-state index in [1.54, 1.807) is 36.7 Å². The van der Waals surface area contributed by atoms with Crippen LogP contribution in [0.25, 0.3) is 16.5 Å². The number of rotatable bonds is 8. The van der Waals surface area contributed by atoms with Crippen molar-refractivity contribution in [2.24, 2.45) is 0 Å². The summed E-state index contributed by atoms with van der Waals surface area (Å²) in [6, 6.07) is 11.4. The van der Waals surface area contributed by atoms with Gasteiger partial charge in [-0.05, 0) is 72.0 Å². The molecule has 3 aromatic rings. The van der Waals surface area contributed by atoms with Crippen LogP contribution in [0.1, 0.15) is 21.5 Å². The van der Waals surface area contributed by atoms with Gasteiger partial charge in [0.2, 0.25) is 5.75 Å². The van der Waals surface area contributed by atoms with E-state index in [2.05, 4.69) is 18.4 Å². The third-order valence-corrected chi connectivity index (χ3v) is 5.71. The lowest BCUT2D eigenvalue weighted by Gasteiger charge is -2.13. The molecule has 0 saturated heterocycles. The first-order valence-electron chi connectivity index (χ1n) is 9.26. The van der Waals surface area contributed by atoms with E-state index in [0.29, 0.717) is 28.6 Å². The van der Waals surface area contributed by atoms with Gasteiger partial charge in [0.15, 0.2) is 17.3 Å². The molecule has 0 aliphatic carbocycles. The average Bonchev–Trinajstić information content (AvgIpc) is 3.22. The summed E-state index contributed by atoms with van der Waals surface area (Å²) < 4.78 is 21.5. The standard InChI is InChI=1S/C24H24O5S/c1-15-10-23(30-14-15)17-7-9-20(26-2)16(11-17)6-8-19(25)18-12-21(27-3)24(29-5)22(13-18)28-4/h6-14H,1-5H3/b8-6+. The van der Waals surface area contributed by atoms with Crippen LogP contribution in [0.3, 0.4) is 0 Å². The number of carbonyl (C=O) groups is 1. The topological polar surface area (TPSA) is 54.0 Å². The Balaban J connectivity index is 1.94. The van der Waals surface area contributed by atoms with Gasteiger partial charge in [-0.15, -0.1) is 11.3 Å². The molecule has 0 fully saturated rings. The minimum absolute atomic E-state index is 0.186. The highest BCUT2D eigenvalue weighted by Gasteiger charge is 2.16. The summed E-state index contributed by atoms with van der Waals surface area (Å²) in [4.78, 5) is 14.0. The molecule has 0 aliphatic rings. The Morgan fingerprint density at radius 1 is 0.867 bits per heavy atom. The number of allylic oxidation sites excluding steroid dienone is 1. The zero-order chi connectivity index (χ0) is 21.7. The average molecular weight is 425 g/mol. The monoisotopic (exact) mass is 424 g/mol. The normalized spacial score (nSPS) is 10.8. The predicted octanol–water partition coefficient (Wildman–Crippen LogP) is 5.65. The molecule has 0 amide bonds. The Morgan fingerprint density at radius 2 is 1.53 bits per heavy atom. The van der Waals surface area contributed by atoms with Gasteiger partial charge >= 0.3 is 0 Å². The van der Waals surface area contributed by atoms with E-state index in [1.807, 2.05) is 18.2 Å². The molecule has 0 saturated carbocycles. The lowest BCUT2D eigenvalue weighted by atomic mass is 10.0. The second kappa shape index (κ2) is 9.50. The second-order valence-corrected chi connectivity index (χ2v) is 7.47. The molecule has 1 aromatic heterocycles. The summed E-state index contributed by atoms with van der Waals surface area (Å²) in [5, 5.41) is 2.11. The zero-order valence-electron chi connectivity index (χ0n) is 17.6. The third kappa shape index (κ3) is 4.49. The number of thiophene rings is 1.